The maximum Gasteiger partial charge on any atom is 0.221 e. The van der Waals surface area contributed by atoms with E-state index in [1.807, 2.05) is 0 Å². The van der Waals surface area contributed by atoms with Crippen LogP contribution >= 0.6 is 0 Å². The van der Waals surface area contributed by atoms with Crippen LogP contribution in [0.5, 0.6) is 0 Å². The van der Waals surface area contributed by atoms with E-state index in [9.17, 15) is 4.79 Å². The van der Waals surface area contributed by atoms with Crippen molar-refractivity contribution in [2.45, 2.75) is 51.4 Å². The maximum absolute atomic E-state index is 11.2. The molecule has 0 atom stereocenters. The van der Waals surface area contributed by atoms with Crippen molar-refractivity contribution in [1.29, 1.82) is 0 Å². The van der Waals surface area contributed by atoms with Gasteiger partial charge in [-0.2, -0.15) is 0 Å². The average Bonchev–Trinajstić information content (AvgIpc) is 2.38. The molecule has 0 unspecified atom stereocenters. The number of unbranched alkanes of at least 4 members (excludes halogenated alkanes) is 5. The van der Waals surface area contributed by atoms with Crippen LogP contribution in [0.3, 0.4) is 0 Å². The molecule has 0 radical (unpaired) electrons. The van der Waals surface area contributed by atoms with Gasteiger partial charge in [0.15, 0.2) is 0 Å². The second kappa shape index (κ2) is 14.2. The third kappa shape index (κ3) is 13.2. The van der Waals surface area contributed by atoms with Crippen molar-refractivity contribution in [1.82, 2.24) is 10.6 Å². The van der Waals surface area contributed by atoms with E-state index in [4.69, 9.17) is 5.11 Å². The summed E-state index contributed by atoms with van der Waals surface area (Å²) < 4.78 is 0. The van der Waals surface area contributed by atoms with Gasteiger partial charge in [-0.15, -0.1) is 6.58 Å². The Morgan fingerprint density at radius 2 is 1.78 bits per heavy atom. The Bertz CT molecular complexity index is 208. The van der Waals surface area contributed by atoms with Crippen molar-refractivity contribution in [3.63, 3.8) is 0 Å². The van der Waals surface area contributed by atoms with Gasteiger partial charge in [0, 0.05) is 13.0 Å². The lowest BCUT2D eigenvalue weighted by atomic mass is 10.1. The Balaban J connectivity index is 3.06. The first kappa shape index (κ1) is 17.1. The highest BCUT2D eigenvalue weighted by Crippen LogP contribution is 2.04. The zero-order chi connectivity index (χ0) is 13.5. The van der Waals surface area contributed by atoms with Crippen molar-refractivity contribution in [3.8, 4) is 0 Å². The predicted octanol–water partition coefficient (Wildman–Crippen LogP) is 1.95. The molecule has 4 nitrogen and oxygen atoms in total. The van der Waals surface area contributed by atoms with Crippen molar-refractivity contribution < 1.29 is 9.90 Å². The smallest absolute Gasteiger partial charge is 0.221 e. The molecule has 0 aliphatic carbocycles. The first-order valence-electron chi connectivity index (χ1n) is 7.00. The fourth-order valence-electron chi connectivity index (χ4n) is 1.64. The van der Waals surface area contributed by atoms with E-state index in [1.165, 1.54) is 19.3 Å². The van der Waals surface area contributed by atoms with Crippen LogP contribution in [0.15, 0.2) is 12.7 Å². The minimum Gasteiger partial charge on any atom is -0.396 e. The number of carbonyl (C=O) groups is 1. The van der Waals surface area contributed by atoms with Crippen LogP contribution in [0, 0.1) is 0 Å². The molecule has 0 fully saturated rings. The van der Waals surface area contributed by atoms with Gasteiger partial charge in [0.05, 0.1) is 6.67 Å². The molecule has 0 saturated heterocycles. The highest BCUT2D eigenvalue weighted by atomic mass is 16.2. The standard InChI is InChI=1S/C14H28N2O2/c1-2-3-10-14(18)16-13-15-11-8-6-4-5-7-9-12-17/h2,15,17H,1,3-13H2,(H,16,18). The van der Waals surface area contributed by atoms with Crippen LogP contribution in [0.25, 0.3) is 0 Å². The molecule has 1 amide bonds. The van der Waals surface area contributed by atoms with Crippen LogP contribution in [0.1, 0.15) is 51.4 Å². The molecule has 0 aromatic heterocycles. The van der Waals surface area contributed by atoms with Gasteiger partial charge in [0.2, 0.25) is 5.91 Å². The van der Waals surface area contributed by atoms with Crippen LogP contribution < -0.4 is 10.6 Å². The monoisotopic (exact) mass is 256 g/mol. The van der Waals surface area contributed by atoms with Crippen molar-refractivity contribution >= 4 is 5.91 Å². The zero-order valence-corrected chi connectivity index (χ0v) is 11.4. The number of hydrogen-bond acceptors (Lipinski definition) is 3. The number of aliphatic hydroxyl groups excluding tert-OH is 1. The van der Waals surface area contributed by atoms with E-state index >= 15 is 0 Å². The van der Waals surface area contributed by atoms with Gasteiger partial charge in [-0.25, -0.2) is 0 Å². The van der Waals surface area contributed by atoms with E-state index in [0.717, 1.165) is 32.2 Å². The van der Waals surface area contributed by atoms with Gasteiger partial charge in [0.1, 0.15) is 0 Å². The largest absolute Gasteiger partial charge is 0.396 e. The molecule has 4 heteroatoms. The number of aliphatic hydroxyl groups is 1. The summed E-state index contributed by atoms with van der Waals surface area (Å²) in [5.41, 5.74) is 0. The molecule has 0 rings (SSSR count). The zero-order valence-electron chi connectivity index (χ0n) is 11.4. The van der Waals surface area contributed by atoms with Crippen LogP contribution in [-0.4, -0.2) is 30.8 Å². The fourth-order valence-corrected chi connectivity index (χ4v) is 1.64. The summed E-state index contributed by atoms with van der Waals surface area (Å²) in [5.74, 6) is 0.0754. The Morgan fingerprint density at radius 1 is 1.11 bits per heavy atom. The van der Waals surface area contributed by atoms with Gasteiger partial charge in [0.25, 0.3) is 0 Å². The second-order valence-electron chi connectivity index (χ2n) is 4.45. The lowest BCUT2D eigenvalue weighted by Gasteiger charge is -2.06. The van der Waals surface area contributed by atoms with E-state index in [0.29, 0.717) is 19.7 Å². The number of amides is 1. The number of hydrogen-bond donors (Lipinski definition) is 3. The Hall–Kier alpha value is -0.870. The minimum absolute atomic E-state index is 0.0754. The molecule has 0 aromatic carbocycles. The summed E-state index contributed by atoms with van der Waals surface area (Å²) in [5, 5.41) is 14.6. The van der Waals surface area contributed by atoms with E-state index < -0.39 is 0 Å². The quantitative estimate of drug-likeness (QED) is 0.268. The summed E-state index contributed by atoms with van der Waals surface area (Å²) in [6.07, 6.45) is 9.86. The summed E-state index contributed by atoms with van der Waals surface area (Å²) in [4.78, 5) is 11.2. The molecule has 0 spiro atoms. The molecule has 3 N–H and O–H groups in total. The highest BCUT2D eigenvalue weighted by molar-refractivity contribution is 5.75. The number of nitrogens with one attached hydrogen (secondary N) is 2. The van der Waals surface area contributed by atoms with E-state index in [1.54, 1.807) is 6.08 Å². The van der Waals surface area contributed by atoms with Gasteiger partial charge in [-0.3, -0.25) is 10.1 Å². The van der Waals surface area contributed by atoms with E-state index in [-0.39, 0.29) is 5.91 Å². The summed E-state index contributed by atoms with van der Waals surface area (Å²) in [7, 11) is 0. The molecular formula is C14H28N2O2. The Morgan fingerprint density at radius 3 is 2.44 bits per heavy atom. The Labute approximate surface area is 111 Å². The first-order chi connectivity index (χ1) is 8.81. The van der Waals surface area contributed by atoms with Crippen molar-refractivity contribution in [2.75, 3.05) is 19.8 Å². The number of allylic oxidation sites excluding steroid dienone is 1. The first-order valence-corrected chi connectivity index (χ1v) is 7.00. The summed E-state index contributed by atoms with van der Waals surface area (Å²) >= 11 is 0. The van der Waals surface area contributed by atoms with Crippen LogP contribution in [0.4, 0.5) is 0 Å². The summed E-state index contributed by atoms with van der Waals surface area (Å²) in [6, 6.07) is 0. The predicted molar refractivity (Wildman–Crippen MR) is 75.2 cm³/mol. The molecule has 0 heterocycles. The van der Waals surface area contributed by atoms with Crippen LogP contribution in [-0.2, 0) is 4.79 Å². The topological polar surface area (TPSA) is 61.4 Å². The SMILES string of the molecule is C=CCCC(=O)NCNCCCCCCCCO. The normalized spacial score (nSPS) is 10.3. The molecule has 0 aliphatic heterocycles. The van der Waals surface area contributed by atoms with Crippen molar-refractivity contribution in [2.24, 2.45) is 0 Å². The molecule has 0 aromatic rings. The van der Waals surface area contributed by atoms with Crippen molar-refractivity contribution in [3.05, 3.63) is 12.7 Å². The van der Waals surface area contributed by atoms with Gasteiger partial charge >= 0.3 is 0 Å². The third-order valence-electron chi connectivity index (χ3n) is 2.75. The molecule has 18 heavy (non-hydrogen) atoms. The third-order valence-corrected chi connectivity index (χ3v) is 2.75. The highest BCUT2D eigenvalue weighted by Gasteiger charge is 1.97. The lowest BCUT2D eigenvalue weighted by molar-refractivity contribution is -0.121. The molecular weight excluding hydrogens is 228 g/mol. The molecule has 106 valence electrons. The summed E-state index contributed by atoms with van der Waals surface area (Å²) in [6.45, 7) is 5.39. The molecule has 0 bridgehead atoms. The molecule has 0 aliphatic rings. The average molecular weight is 256 g/mol. The minimum atomic E-state index is 0.0754. The van der Waals surface area contributed by atoms with Crippen LogP contribution in [0.2, 0.25) is 0 Å². The lowest BCUT2D eigenvalue weighted by Crippen LogP contribution is -2.34. The number of rotatable bonds is 13. The fraction of sp³-hybridized carbons (Fsp3) is 0.786. The maximum atomic E-state index is 11.2. The van der Waals surface area contributed by atoms with Gasteiger partial charge in [-0.1, -0.05) is 31.8 Å². The second-order valence-corrected chi connectivity index (χ2v) is 4.45. The van der Waals surface area contributed by atoms with E-state index in [2.05, 4.69) is 17.2 Å². The van der Waals surface area contributed by atoms with Gasteiger partial charge in [-0.05, 0) is 25.8 Å². The Kier molecular flexibility index (Phi) is 13.5. The van der Waals surface area contributed by atoms with Gasteiger partial charge < -0.3 is 10.4 Å². The molecule has 0 saturated carbocycles. The number of carbonyl (C=O) groups excluding carboxylic acids is 1.